The van der Waals surface area contributed by atoms with Gasteiger partial charge in [-0.25, -0.2) is 0 Å². The van der Waals surface area contributed by atoms with Crippen LogP contribution in [0.25, 0.3) is 17.1 Å². The molecule has 2 aromatic carbocycles. The Morgan fingerprint density at radius 2 is 1.89 bits per heavy atom. The summed E-state index contributed by atoms with van der Waals surface area (Å²) in [6, 6.07) is 16.0. The van der Waals surface area contributed by atoms with Crippen LogP contribution >= 0.6 is 11.8 Å². The van der Waals surface area contributed by atoms with Gasteiger partial charge in [-0.15, -0.1) is 10.2 Å². The smallest absolute Gasteiger partial charge is 0.223 e. The van der Waals surface area contributed by atoms with E-state index in [1.165, 1.54) is 17.3 Å². The van der Waals surface area contributed by atoms with Gasteiger partial charge in [0.25, 0.3) is 0 Å². The van der Waals surface area contributed by atoms with Crippen molar-refractivity contribution < 1.29 is 9.26 Å². The minimum Gasteiger partial charge on any atom is -0.497 e. The Bertz CT molecular complexity index is 1090. The molecule has 0 atom stereocenters. The Morgan fingerprint density at radius 1 is 1.07 bits per heavy atom. The molecule has 0 radical (unpaired) electrons. The minimum atomic E-state index is 0.541. The molecule has 142 valence electrons. The average molecular weight is 393 g/mol. The monoisotopic (exact) mass is 393 g/mol. The van der Waals surface area contributed by atoms with Gasteiger partial charge in [0.2, 0.25) is 5.89 Å². The second kappa shape index (κ2) is 7.85. The highest BCUT2D eigenvalue weighted by Crippen LogP contribution is 2.30. The lowest BCUT2D eigenvalue weighted by molar-refractivity contribution is 0.389. The molecular formula is C20H19N5O2S. The summed E-state index contributed by atoms with van der Waals surface area (Å²) in [6.07, 6.45) is 0. The van der Waals surface area contributed by atoms with Crippen molar-refractivity contribution in [2.75, 3.05) is 7.11 Å². The van der Waals surface area contributed by atoms with Crippen molar-refractivity contribution >= 4 is 11.8 Å². The van der Waals surface area contributed by atoms with Crippen molar-refractivity contribution in [3.05, 3.63) is 65.8 Å². The SMILES string of the molecule is COc1ccc(-n2c(SCc3noc(C)n3)nnc2-c2cccc(C)c2)cc1. The standard InChI is InChI=1S/C20H19N5O2S/c1-13-5-4-6-15(11-13)19-22-23-20(28-12-18-21-14(2)27-24-18)25(19)16-7-9-17(26-3)10-8-16/h4-11H,12H2,1-3H3. The predicted molar refractivity (Wildman–Crippen MR) is 107 cm³/mol. The lowest BCUT2D eigenvalue weighted by Gasteiger charge is -2.11. The molecule has 0 aliphatic carbocycles. The summed E-state index contributed by atoms with van der Waals surface area (Å²) in [5, 5.41) is 13.6. The van der Waals surface area contributed by atoms with Gasteiger partial charge in [0.05, 0.1) is 12.9 Å². The van der Waals surface area contributed by atoms with Gasteiger partial charge in [-0.05, 0) is 37.3 Å². The van der Waals surface area contributed by atoms with Gasteiger partial charge in [-0.1, -0.05) is 40.7 Å². The van der Waals surface area contributed by atoms with Crippen LogP contribution in [-0.2, 0) is 5.75 Å². The summed E-state index contributed by atoms with van der Waals surface area (Å²) < 4.78 is 12.4. The first-order valence-electron chi connectivity index (χ1n) is 8.73. The van der Waals surface area contributed by atoms with Crippen molar-refractivity contribution in [3.63, 3.8) is 0 Å². The summed E-state index contributed by atoms with van der Waals surface area (Å²) in [4.78, 5) is 4.25. The van der Waals surface area contributed by atoms with E-state index in [0.29, 0.717) is 17.5 Å². The van der Waals surface area contributed by atoms with Crippen LogP contribution in [0.4, 0.5) is 0 Å². The zero-order valence-electron chi connectivity index (χ0n) is 15.8. The maximum atomic E-state index is 5.28. The second-order valence-corrected chi connectivity index (χ2v) is 7.17. The van der Waals surface area contributed by atoms with Crippen LogP contribution in [-0.4, -0.2) is 32.0 Å². The number of hydrogen-bond acceptors (Lipinski definition) is 7. The molecule has 0 aliphatic rings. The van der Waals surface area contributed by atoms with Crippen LogP contribution < -0.4 is 4.74 Å². The summed E-state index contributed by atoms with van der Waals surface area (Å²) in [7, 11) is 1.65. The van der Waals surface area contributed by atoms with Crippen molar-refractivity contribution in [1.29, 1.82) is 0 Å². The maximum Gasteiger partial charge on any atom is 0.223 e. The van der Waals surface area contributed by atoms with Crippen LogP contribution in [0.3, 0.4) is 0 Å². The lowest BCUT2D eigenvalue weighted by Crippen LogP contribution is -2.00. The van der Waals surface area contributed by atoms with E-state index in [1.807, 2.05) is 41.0 Å². The van der Waals surface area contributed by atoms with Crippen molar-refractivity contribution in [3.8, 4) is 22.8 Å². The minimum absolute atomic E-state index is 0.541. The molecule has 0 unspecified atom stereocenters. The van der Waals surface area contributed by atoms with Crippen molar-refractivity contribution in [2.24, 2.45) is 0 Å². The zero-order chi connectivity index (χ0) is 19.5. The van der Waals surface area contributed by atoms with Crippen LogP contribution in [0.5, 0.6) is 5.75 Å². The molecule has 7 nitrogen and oxygen atoms in total. The van der Waals surface area contributed by atoms with Crippen molar-refractivity contribution in [2.45, 2.75) is 24.8 Å². The van der Waals surface area contributed by atoms with E-state index in [2.05, 4.69) is 39.4 Å². The number of methoxy groups -OCH3 is 1. The van der Waals surface area contributed by atoms with Gasteiger partial charge >= 0.3 is 0 Å². The molecule has 0 aliphatic heterocycles. The highest BCUT2D eigenvalue weighted by atomic mass is 32.2. The number of hydrogen-bond donors (Lipinski definition) is 0. The Morgan fingerprint density at radius 3 is 2.57 bits per heavy atom. The van der Waals surface area contributed by atoms with E-state index in [-0.39, 0.29) is 0 Å². The number of rotatable bonds is 6. The third-order valence-corrected chi connectivity index (χ3v) is 5.07. The molecule has 2 aromatic heterocycles. The molecule has 0 saturated heterocycles. The molecular weight excluding hydrogens is 374 g/mol. The summed E-state index contributed by atoms with van der Waals surface area (Å²) in [6.45, 7) is 3.84. The molecule has 0 fully saturated rings. The van der Waals surface area contributed by atoms with E-state index in [9.17, 15) is 0 Å². The molecule has 0 spiro atoms. The number of ether oxygens (including phenoxy) is 1. The lowest BCUT2D eigenvalue weighted by atomic mass is 10.1. The van der Waals surface area contributed by atoms with E-state index in [4.69, 9.17) is 9.26 Å². The topological polar surface area (TPSA) is 78.9 Å². The molecule has 0 N–H and O–H groups in total. The van der Waals surface area contributed by atoms with E-state index < -0.39 is 0 Å². The van der Waals surface area contributed by atoms with Gasteiger partial charge in [-0.2, -0.15) is 4.98 Å². The third-order valence-electron chi connectivity index (χ3n) is 4.14. The Kier molecular flexibility index (Phi) is 5.12. The van der Waals surface area contributed by atoms with Gasteiger partial charge in [0, 0.05) is 18.2 Å². The van der Waals surface area contributed by atoms with Gasteiger partial charge in [0.1, 0.15) is 5.75 Å². The summed E-state index contributed by atoms with van der Waals surface area (Å²) >= 11 is 1.51. The van der Waals surface area contributed by atoms with Crippen LogP contribution in [0.1, 0.15) is 17.3 Å². The summed E-state index contributed by atoms with van der Waals surface area (Å²) in [5.41, 5.74) is 3.12. The zero-order valence-corrected chi connectivity index (χ0v) is 16.6. The predicted octanol–water partition coefficient (Wildman–Crippen LogP) is 4.24. The van der Waals surface area contributed by atoms with Gasteiger partial charge < -0.3 is 9.26 Å². The number of aryl methyl sites for hydroxylation is 2. The Balaban J connectivity index is 1.74. The number of benzene rings is 2. The van der Waals surface area contributed by atoms with Crippen LogP contribution in [0, 0.1) is 13.8 Å². The van der Waals surface area contributed by atoms with Crippen LogP contribution in [0.15, 0.2) is 58.2 Å². The van der Waals surface area contributed by atoms with Crippen LogP contribution in [0.2, 0.25) is 0 Å². The fraction of sp³-hybridized carbons (Fsp3) is 0.200. The molecule has 28 heavy (non-hydrogen) atoms. The van der Waals surface area contributed by atoms with E-state index in [1.54, 1.807) is 14.0 Å². The van der Waals surface area contributed by atoms with Crippen molar-refractivity contribution in [1.82, 2.24) is 24.9 Å². The molecule has 4 rings (SSSR count). The maximum absolute atomic E-state index is 5.28. The van der Waals surface area contributed by atoms with Gasteiger partial charge in [-0.3, -0.25) is 4.57 Å². The van der Waals surface area contributed by atoms with E-state index >= 15 is 0 Å². The van der Waals surface area contributed by atoms with E-state index in [0.717, 1.165) is 28.0 Å². The molecule has 4 aromatic rings. The number of thioether (sulfide) groups is 1. The highest BCUT2D eigenvalue weighted by Gasteiger charge is 2.17. The second-order valence-electron chi connectivity index (χ2n) is 6.23. The quantitative estimate of drug-likeness (QED) is 0.453. The number of aromatic nitrogens is 5. The molecule has 2 heterocycles. The average Bonchev–Trinajstić information content (AvgIpc) is 3.32. The third kappa shape index (κ3) is 3.77. The first-order valence-corrected chi connectivity index (χ1v) is 9.71. The van der Waals surface area contributed by atoms with Gasteiger partial charge in [0.15, 0.2) is 16.8 Å². The Hall–Kier alpha value is -3.13. The Labute approximate surface area is 166 Å². The molecule has 0 saturated carbocycles. The fourth-order valence-corrected chi connectivity index (χ4v) is 3.62. The number of nitrogens with zero attached hydrogens (tertiary/aromatic N) is 5. The first-order chi connectivity index (χ1) is 13.6. The summed E-state index contributed by atoms with van der Waals surface area (Å²) in [5.74, 6) is 3.29. The highest BCUT2D eigenvalue weighted by molar-refractivity contribution is 7.98. The molecule has 0 bridgehead atoms. The fourth-order valence-electron chi connectivity index (χ4n) is 2.83. The molecule has 8 heteroatoms. The molecule has 0 amide bonds. The normalized spacial score (nSPS) is 11.0. The largest absolute Gasteiger partial charge is 0.497 e. The first kappa shape index (κ1) is 18.2.